The first-order chi connectivity index (χ1) is 6.66. The molecule has 1 heterocycles. The van der Waals surface area contributed by atoms with Crippen molar-refractivity contribution in [1.82, 2.24) is 10.2 Å². The third kappa shape index (κ3) is 2.94. The molecule has 0 aliphatic carbocycles. The van der Waals surface area contributed by atoms with Gasteiger partial charge < -0.3 is 10.1 Å². The molecule has 1 saturated heterocycles. The molecule has 0 aromatic rings. The maximum absolute atomic E-state index is 5.69. The van der Waals surface area contributed by atoms with Gasteiger partial charge in [0.25, 0.3) is 0 Å². The Morgan fingerprint density at radius 3 is 2.79 bits per heavy atom. The molecule has 1 aliphatic rings. The summed E-state index contributed by atoms with van der Waals surface area (Å²) in [6, 6.07) is 1.15. The Labute approximate surface area is 87.8 Å². The highest BCUT2D eigenvalue weighted by molar-refractivity contribution is 4.84. The lowest BCUT2D eigenvalue weighted by atomic mass is 10.1. The van der Waals surface area contributed by atoms with Gasteiger partial charge in [0.1, 0.15) is 0 Å². The minimum Gasteiger partial charge on any atom is -0.375 e. The highest BCUT2D eigenvalue weighted by Crippen LogP contribution is 2.16. The van der Waals surface area contributed by atoms with Crippen molar-refractivity contribution in [3.8, 4) is 0 Å². The second-order valence-electron chi connectivity index (χ2n) is 4.28. The first-order valence-electron chi connectivity index (χ1n) is 5.74. The fourth-order valence-corrected chi connectivity index (χ4v) is 2.11. The number of nitrogens with zero attached hydrogens (tertiary/aromatic N) is 1. The monoisotopic (exact) mass is 200 g/mol. The van der Waals surface area contributed by atoms with Gasteiger partial charge in [0.05, 0.1) is 12.7 Å². The van der Waals surface area contributed by atoms with Crippen LogP contribution in [0.1, 0.15) is 27.7 Å². The first kappa shape index (κ1) is 12.0. The van der Waals surface area contributed by atoms with Gasteiger partial charge in [0.15, 0.2) is 0 Å². The minimum absolute atomic E-state index is 0.352. The zero-order valence-electron chi connectivity index (χ0n) is 9.92. The van der Waals surface area contributed by atoms with Crippen molar-refractivity contribution in [3.05, 3.63) is 0 Å². The van der Waals surface area contributed by atoms with Gasteiger partial charge >= 0.3 is 0 Å². The highest BCUT2D eigenvalue weighted by atomic mass is 16.5. The Balaban J connectivity index is 2.52. The van der Waals surface area contributed by atoms with E-state index in [-0.39, 0.29) is 0 Å². The Kier molecular flexibility index (Phi) is 4.85. The molecule has 0 aromatic heterocycles. The molecule has 1 rings (SSSR count). The molecule has 1 aliphatic heterocycles. The molecule has 2 unspecified atom stereocenters. The van der Waals surface area contributed by atoms with Crippen molar-refractivity contribution >= 4 is 0 Å². The lowest BCUT2D eigenvalue weighted by Gasteiger charge is -2.42. The van der Waals surface area contributed by atoms with Gasteiger partial charge in [-0.15, -0.1) is 0 Å². The lowest BCUT2D eigenvalue weighted by molar-refractivity contribution is -0.0717. The lowest BCUT2D eigenvalue weighted by Crippen LogP contribution is -2.56. The average Bonchev–Trinajstić information content (AvgIpc) is 2.15. The number of rotatable bonds is 4. The molecule has 0 bridgehead atoms. The van der Waals surface area contributed by atoms with Gasteiger partial charge in [-0.05, 0) is 27.3 Å². The summed E-state index contributed by atoms with van der Waals surface area (Å²) in [6.45, 7) is 12.9. The Morgan fingerprint density at radius 1 is 1.50 bits per heavy atom. The topological polar surface area (TPSA) is 24.5 Å². The van der Waals surface area contributed by atoms with Gasteiger partial charge in [-0.25, -0.2) is 0 Å². The molecule has 84 valence electrons. The summed E-state index contributed by atoms with van der Waals surface area (Å²) in [6.07, 6.45) is 0.352. The van der Waals surface area contributed by atoms with E-state index in [1.165, 1.54) is 0 Å². The fourth-order valence-electron chi connectivity index (χ4n) is 2.11. The zero-order valence-corrected chi connectivity index (χ0v) is 9.92. The summed E-state index contributed by atoms with van der Waals surface area (Å²) in [4.78, 5) is 2.54. The zero-order chi connectivity index (χ0) is 10.6. The van der Waals surface area contributed by atoms with Crippen molar-refractivity contribution in [2.75, 3.05) is 26.2 Å². The summed E-state index contributed by atoms with van der Waals surface area (Å²) in [5.74, 6) is 0. The summed E-state index contributed by atoms with van der Waals surface area (Å²) in [7, 11) is 0. The molecule has 2 atom stereocenters. The van der Waals surface area contributed by atoms with Crippen LogP contribution in [0.15, 0.2) is 0 Å². The van der Waals surface area contributed by atoms with Crippen LogP contribution in [0, 0.1) is 0 Å². The van der Waals surface area contributed by atoms with Gasteiger partial charge in [0.2, 0.25) is 0 Å². The maximum atomic E-state index is 5.69. The second kappa shape index (κ2) is 5.69. The molecule has 1 N–H and O–H groups in total. The van der Waals surface area contributed by atoms with Crippen molar-refractivity contribution < 1.29 is 4.74 Å². The Hall–Kier alpha value is -0.120. The van der Waals surface area contributed by atoms with E-state index in [0.717, 1.165) is 26.2 Å². The molecule has 0 saturated carbocycles. The summed E-state index contributed by atoms with van der Waals surface area (Å²) >= 11 is 0. The average molecular weight is 200 g/mol. The molecule has 0 amide bonds. The number of hydrogen-bond acceptors (Lipinski definition) is 3. The first-order valence-corrected chi connectivity index (χ1v) is 5.74. The van der Waals surface area contributed by atoms with Crippen molar-refractivity contribution in [1.29, 1.82) is 0 Å². The van der Waals surface area contributed by atoms with E-state index >= 15 is 0 Å². The third-order valence-corrected chi connectivity index (χ3v) is 2.96. The number of morpholine rings is 1. The summed E-state index contributed by atoms with van der Waals surface area (Å²) in [5, 5.41) is 3.41. The van der Waals surface area contributed by atoms with E-state index < -0.39 is 0 Å². The molecule has 0 radical (unpaired) electrons. The highest BCUT2D eigenvalue weighted by Gasteiger charge is 2.30. The van der Waals surface area contributed by atoms with Crippen LogP contribution in [0.5, 0.6) is 0 Å². The predicted octanol–water partition coefficient (Wildman–Crippen LogP) is 1.09. The smallest absolute Gasteiger partial charge is 0.0715 e. The third-order valence-electron chi connectivity index (χ3n) is 2.96. The molecule has 14 heavy (non-hydrogen) atoms. The van der Waals surface area contributed by atoms with Crippen LogP contribution in [0.3, 0.4) is 0 Å². The van der Waals surface area contributed by atoms with E-state index in [4.69, 9.17) is 4.74 Å². The molecular weight excluding hydrogens is 176 g/mol. The molecular formula is C11H24N2O. The van der Waals surface area contributed by atoms with Gasteiger partial charge in [-0.2, -0.15) is 0 Å². The largest absolute Gasteiger partial charge is 0.375 e. The van der Waals surface area contributed by atoms with Crippen molar-refractivity contribution in [2.45, 2.75) is 45.9 Å². The summed E-state index contributed by atoms with van der Waals surface area (Å²) < 4.78 is 5.69. The second-order valence-corrected chi connectivity index (χ2v) is 4.28. The molecule has 3 heteroatoms. The molecule has 0 spiro atoms. The van der Waals surface area contributed by atoms with Crippen LogP contribution >= 0.6 is 0 Å². The summed E-state index contributed by atoms with van der Waals surface area (Å²) in [5.41, 5.74) is 0. The van der Waals surface area contributed by atoms with Gasteiger partial charge in [-0.1, -0.05) is 6.92 Å². The van der Waals surface area contributed by atoms with Crippen LogP contribution in [-0.4, -0.2) is 49.3 Å². The number of hydrogen-bond donors (Lipinski definition) is 1. The predicted molar refractivity (Wildman–Crippen MR) is 59.6 cm³/mol. The Bertz CT molecular complexity index is 161. The Morgan fingerprint density at radius 2 is 2.21 bits per heavy atom. The van der Waals surface area contributed by atoms with Crippen LogP contribution in [0.2, 0.25) is 0 Å². The van der Waals surface area contributed by atoms with Crippen molar-refractivity contribution in [3.63, 3.8) is 0 Å². The minimum atomic E-state index is 0.352. The maximum Gasteiger partial charge on any atom is 0.0715 e. The number of nitrogens with one attached hydrogen (secondary N) is 1. The van der Waals surface area contributed by atoms with Crippen LogP contribution in [0.25, 0.3) is 0 Å². The van der Waals surface area contributed by atoms with E-state index in [2.05, 4.69) is 37.9 Å². The SMILES string of the molecule is CCNCC1C(C)OCCN1C(C)C. The normalized spacial score (nSPS) is 29.8. The van der Waals surface area contributed by atoms with Gasteiger partial charge in [-0.3, -0.25) is 4.90 Å². The van der Waals surface area contributed by atoms with Crippen LogP contribution < -0.4 is 5.32 Å². The molecule has 1 fully saturated rings. The van der Waals surface area contributed by atoms with Crippen LogP contribution in [0.4, 0.5) is 0 Å². The van der Waals surface area contributed by atoms with E-state index in [0.29, 0.717) is 18.2 Å². The fraction of sp³-hybridized carbons (Fsp3) is 1.00. The van der Waals surface area contributed by atoms with Gasteiger partial charge in [0, 0.05) is 25.2 Å². The van der Waals surface area contributed by atoms with E-state index in [9.17, 15) is 0 Å². The quantitative estimate of drug-likeness (QED) is 0.735. The molecule has 0 aromatic carbocycles. The number of ether oxygens (including phenoxy) is 1. The molecule has 3 nitrogen and oxygen atoms in total. The van der Waals surface area contributed by atoms with Crippen molar-refractivity contribution in [2.24, 2.45) is 0 Å². The number of likely N-dealkylation sites (N-methyl/N-ethyl adjacent to an activating group) is 1. The van der Waals surface area contributed by atoms with E-state index in [1.807, 2.05) is 0 Å². The standard InChI is InChI=1S/C11H24N2O/c1-5-12-8-11-10(4)14-7-6-13(11)9(2)3/h9-12H,5-8H2,1-4H3. The van der Waals surface area contributed by atoms with Crippen LogP contribution in [-0.2, 0) is 4.74 Å². The van der Waals surface area contributed by atoms with E-state index in [1.54, 1.807) is 0 Å².